The zero-order valence-electron chi connectivity index (χ0n) is 15.9. The summed E-state index contributed by atoms with van der Waals surface area (Å²) in [5.41, 5.74) is 6.85. The Morgan fingerprint density at radius 1 is 1.19 bits per heavy atom. The minimum Gasteiger partial charge on any atom is -0.381 e. The molecule has 1 aromatic rings. The molecular weight excluding hydrogens is 385 g/mol. The van der Waals surface area contributed by atoms with Crippen molar-refractivity contribution in [3.8, 4) is 0 Å². The summed E-state index contributed by atoms with van der Waals surface area (Å²) in [6.07, 6.45) is 5.08. The number of carbonyl (C=O) groups is 1. The van der Waals surface area contributed by atoms with Crippen molar-refractivity contribution < 1.29 is 9.53 Å². The monoisotopic (exact) mass is 417 g/mol. The highest BCUT2D eigenvalue weighted by molar-refractivity contribution is 5.85. The van der Waals surface area contributed by atoms with Crippen molar-refractivity contribution in [3.63, 3.8) is 0 Å². The fourth-order valence-corrected chi connectivity index (χ4v) is 4.00. The van der Waals surface area contributed by atoms with Crippen LogP contribution in [0.5, 0.6) is 0 Å². The van der Waals surface area contributed by atoms with Gasteiger partial charge in [0.05, 0.1) is 5.41 Å². The SMILES string of the molecule is Cl.Cl.NCC1(C(=O)NCC2CCCCN2Cc2ccccc2)CCOCC1. The molecule has 0 saturated carbocycles. The summed E-state index contributed by atoms with van der Waals surface area (Å²) < 4.78 is 5.41. The van der Waals surface area contributed by atoms with Gasteiger partial charge >= 0.3 is 0 Å². The van der Waals surface area contributed by atoms with Crippen LogP contribution in [0.2, 0.25) is 0 Å². The van der Waals surface area contributed by atoms with Crippen LogP contribution in [-0.4, -0.2) is 49.7 Å². The number of rotatable bonds is 6. The maximum absolute atomic E-state index is 12.8. The molecule has 2 fully saturated rings. The number of halogens is 2. The Bertz CT molecular complexity index is 553. The van der Waals surface area contributed by atoms with Gasteiger partial charge in [0.2, 0.25) is 5.91 Å². The highest BCUT2D eigenvalue weighted by Gasteiger charge is 2.39. The van der Waals surface area contributed by atoms with Gasteiger partial charge in [-0.25, -0.2) is 0 Å². The zero-order chi connectivity index (χ0) is 17.5. The molecule has 5 nitrogen and oxygen atoms in total. The van der Waals surface area contributed by atoms with Gasteiger partial charge in [-0.05, 0) is 37.8 Å². The Hall–Kier alpha value is -0.850. The summed E-state index contributed by atoms with van der Waals surface area (Å²) in [5, 5.41) is 3.21. The Kier molecular flexibility index (Phi) is 10.6. The second-order valence-corrected chi connectivity index (χ2v) is 7.41. The number of nitrogens with zero attached hydrogens (tertiary/aromatic N) is 1. The molecule has 0 bridgehead atoms. The van der Waals surface area contributed by atoms with Gasteiger partial charge in [0.15, 0.2) is 0 Å². The van der Waals surface area contributed by atoms with E-state index in [2.05, 4.69) is 40.5 Å². The molecule has 2 aliphatic rings. The van der Waals surface area contributed by atoms with E-state index in [0.717, 1.165) is 32.4 Å². The number of amides is 1. The van der Waals surface area contributed by atoms with Crippen molar-refractivity contribution >= 4 is 30.7 Å². The summed E-state index contributed by atoms with van der Waals surface area (Å²) in [4.78, 5) is 15.3. The molecule has 0 radical (unpaired) electrons. The Labute approximate surface area is 175 Å². The molecule has 1 amide bonds. The van der Waals surface area contributed by atoms with Gasteiger partial charge in [0.1, 0.15) is 0 Å². The van der Waals surface area contributed by atoms with Crippen LogP contribution in [-0.2, 0) is 16.1 Å². The minimum absolute atomic E-state index is 0. The average Bonchev–Trinajstić information content (AvgIpc) is 2.68. The van der Waals surface area contributed by atoms with Crippen LogP contribution in [0.3, 0.4) is 0 Å². The predicted octanol–water partition coefficient (Wildman–Crippen LogP) is 2.76. The number of piperidine rings is 1. The van der Waals surface area contributed by atoms with Crippen molar-refractivity contribution in [1.82, 2.24) is 10.2 Å². The number of ether oxygens (including phenoxy) is 1. The molecule has 0 aromatic heterocycles. The molecule has 27 heavy (non-hydrogen) atoms. The molecule has 2 aliphatic heterocycles. The second kappa shape index (κ2) is 11.9. The fourth-order valence-electron chi connectivity index (χ4n) is 4.00. The molecule has 3 rings (SSSR count). The first kappa shape index (κ1) is 24.2. The van der Waals surface area contributed by atoms with Crippen LogP contribution in [0.15, 0.2) is 30.3 Å². The van der Waals surface area contributed by atoms with Crippen molar-refractivity contribution in [2.75, 3.05) is 32.8 Å². The van der Waals surface area contributed by atoms with Crippen LogP contribution in [0.1, 0.15) is 37.7 Å². The lowest BCUT2D eigenvalue weighted by Gasteiger charge is -2.38. The molecule has 1 unspecified atom stereocenters. The van der Waals surface area contributed by atoms with E-state index in [1.165, 1.54) is 18.4 Å². The summed E-state index contributed by atoms with van der Waals surface area (Å²) in [7, 11) is 0. The van der Waals surface area contributed by atoms with E-state index >= 15 is 0 Å². The highest BCUT2D eigenvalue weighted by atomic mass is 35.5. The van der Waals surface area contributed by atoms with E-state index in [1.807, 2.05) is 0 Å². The van der Waals surface area contributed by atoms with Crippen molar-refractivity contribution in [3.05, 3.63) is 35.9 Å². The largest absolute Gasteiger partial charge is 0.381 e. The van der Waals surface area contributed by atoms with Crippen molar-refractivity contribution in [2.24, 2.45) is 11.1 Å². The van der Waals surface area contributed by atoms with Gasteiger partial charge in [-0.1, -0.05) is 36.8 Å². The third-order valence-electron chi connectivity index (χ3n) is 5.80. The minimum atomic E-state index is -0.433. The second-order valence-electron chi connectivity index (χ2n) is 7.41. The van der Waals surface area contributed by atoms with Crippen LogP contribution in [0.25, 0.3) is 0 Å². The molecule has 0 spiro atoms. The number of nitrogens with one attached hydrogen (secondary N) is 1. The Morgan fingerprint density at radius 2 is 1.89 bits per heavy atom. The zero-order valence-corrected chi connectivity index (χ0v) is 17.5. The summed E-state index contributed by atoms with van der Waals surface area (Å²) >= 11 is 0. The first-order valence-electron chi connectivity index (χ1n) is 9.58. The molecule has 1 atom stereocenters. The van der Waals surface area contributed by atoms with Crippen molar-refractivity contribution in [2.45, 2.75) is 44.7 Å². The number of hydrogen-bond donors (Lipinski definition) is 2. The van der Waals surface area contributed by atoms with E-state index in [-0.39, 0.29) is 30.7 Å². The standard InChI is InChI=1S/C20H31N3O2.2ClH/c21-16-20(9-12-25-13-10-20)19(24)22-14-18-8-4-5-11-23(18)15-17-6-2-1-3-7-17;;/h1-3,6-7,18H,4-5,8-16,21H2,(H,22,24);2*1H. The van der Waals surface area contributed by atoms with Gasteiger partial charge < -0.3 is 15.8 Å². The summed E-state index contributed by atoms with van der Waals surface area (Å²) in [5.74, 6) is 0.114. The molecule has 7 heteroatoms. The average molecular weight is 418 g/mol. The van der Waals surface area contributed by atoms with E-state index in [0.29, 0.717) is 32.3 Å². The van der Waals surface area contributed by atoms with Gasteiger partial charge in [-0.2, -0.15) is 0 Å². The smallest absolute Gasteiger partial charge is 0.227 e. The number of likely N-dealkylation sites (tertiary alicyclic amines) is 1. The lowest BCUT2D eigenvalue weighted by Crippen LogP contribution is -2.53. The van der Waals surface area contributed by atoms with Gasteiger partial charge in [0.25, 0.3) is 0 Å². The van der Waals surface area contributed by atoms with Crippen LogP contribution >= 0.6 is 24.8 Å². The summed E-state index contributed by atoms with van der Waals surface area (Å²) in [6, 6.07) is 11.0. The van der Waals surface area contributed by atoms with E-state index in [9.17, 15) is 4.79 Å². The molecule has 1 aromatic carbocycles. The molecular formula is C20H33Cl2N3O2. The highest BCUT2D eigenvalue weighted by Crippen LogP contribution is 2.29. The number of benzene rings is 1. The maximum atomic E-state index is 12.8. The third-order valence-corrected chi connectivity index (χ3v) is 5.80. The predicted molar refractivity (Wildman–Crippen MR) is 114 cm³/mol. The fraction of sp³-hybridized carbons (Fsp3) is 0.650. The Morgan fingerprint density at radius 3 is 2.56 bits per heavy atom. The van der Waals surface area contributed by atoms with E-state index in [1.54, 1.807) is 0 Å². The number of hydrogen-bond acceptors (Lipinski definition) is 4. The molecule has 2 saturated heterocycles. The quantitative estimate of drug-likeness (QED) is 0.746. The Balaban J connectivity index is 0.00000182. The third kappa shape index (κ3) is 6.33. The first-order chi connectivity index (χ1) is 12.2. The molecule has 2 heterocycles. The van der Waals surface area contributed by atoms with Crippen LogP contribution in [0, 0.1) is 5.41 Å². The van der Waals surface area contributed by atoms with Gasteiger partial charge in [0, 0.05) is 38.9 Å². The number of nitrogens with two attached hydrogens (primary N) is 1. The van der Waals surface area contributed by atoms with Crippen LogP contribution in [0.4, 0.5) is 0 Å². The summed E-state index contributed by atoms with van der Waals surface area (Å²) in [6.45, 7) is 4.44. The maximum Gasteiger partial charge on any atom is 0.227 e. The first-order valence-corrected chi connectivity index (χ1v) is 9.58. The van der Waals surface area contributed by atoms with Gasteiger partial charge in [-0.3, -0.25) is 9.69 Å². The lowest BCUT2D eigenvalue weighted by atomic mass is 9.79. The number of carbonyl (C=O) groups excluding carboxylic acids is 1. The van der Waals surface area contributed by atoms with E-state index in [4.69, 9.17) is 10.5 Å². The lowest BCUT2D eigenvalue weighted by molar-refractivity contribution is -0.136. The van der Waals surface area contributed by atoms with Crippen molar-refractivity contribution in [1.29, 1.82) is 0 Å². The van der Waals surface area contributed by atoms with Gasteiger partial charge in [-0.15, -0.1) is 24.8 Å². The molecule has 3 N–H and O–H groups in total. The topological polar surface area (TPSA) is 67.6 Å². The normalized spacial score (nSPS) is 22.2. The molecule has 154 valence electrons. The molecule has 0 aliphatic carbocycles. The van der Waals surface area contributed by atoms with E-state index < -0.39 is 5.41 Å². The van der Waals surface area contributed by atoms with Crippen LogP contribution < -0.4 is 11.1 Å².